The smallest absolute Gasteiger partial charge is 0.302 e. The topological polar surface area (TPSA) is 145 Å². The van der Waals surface area contributed by atoms with E-state index in [1.165, 1.54) is 0 Å². The lowest BCUT2D eigenvalue weighted by atomic mass is 10.4. The highest BCUT2D eigenvalue weighted by atomic mass is 16.6. The predicted octanol–water partition coefficient (Wildman–Crippen LogP) is -0.736. The predicted molar refractivity (Wildman–Crippen MR) is 49.0 cm³/mol. The number of anilines is 2. The molecular weight excluding hydrogens is 190 g/mol. The van der Waals surface area contributed by atoms with E-state index in [1.54, 1.807) is 6.92 Å². The Bertz CT molecular complexity index is 340. The Labute approximate surface area is 78.6 Å². The summed E-state index contributed by atoms with van der Waals surface area (Å²) < 4.78 is 0. The first-order valence-corrected chi connectivity index (χ1v) is 3.56. The number of aryl methyl sites for hydroxylation is 1. The van der Waals surface area contributed by atoms with Gasteiger partial charge in [-0.2, -0.15) is 0 Å². The van der Waals surface area contributed by atoms with Crippen LogP contribution in [0.2, 0.25) is 0 Å². The molecule has 14 heavy (non-hydrogen) atoms. The second-order valence-electron chi connectivity index (χ2n) is 2.36. The van der Waals surface area contributed by atoms with Gasteiger partial charge in [0, 0.05) is 0 Å². The maximum Gasteiger partial charge on any atom is 0.355 e. The van der Waals surface area contributed by atoms with Crippen molar-refractivity contribution in [3.8, 4) is 0 Å². The van der Waals surface area contributed by atoms with Crippen molar-refractivity contribution in [3.63, 3.8) is 0 Å². The van der Waals surface area contributed by atoms with Crippen LogP contribution in [-0.2, 0) is 0 Å². The van der Waals surface area contributed by atoms with Crippen molar-refractivity contribution in [2.24, 2.45) is 11.7 Å². The first kappa shape index (κ1) is 10.1. The molecule has 0 aliphatic carbocycles. The average molecular weight is 199 g/mol. The Balaban J connectivity index is 3.40. The van der Waals surface area contributed by atoms with E-state index < -0.39 is 4.92 Å². The summed E-state index contributed by atoms with van der Waals surface area (Å²) in [7, 11) is 0. The van der Waals surface area contributed by atoms with Gasteiger partial charge in [-0.25, -0.2) is 21.7 Å². The molecule has 1 heterocycles. The number of aromatic nitrogens is 2. The highest BCUT2D eigenvalue weighted by Gasteiger charge is 2.22. The first-order chi connectivity index (χ1) is 6.60. The van der Waals surface area contributed by atoms with Crippen LogP contribution in [0.4, 0.5) is 17.3 Å². The van der Waals surface area contributed by atoms with Crippen molar-refractivity contribution in [2.45, 2.75) is 6.92 Å². The van der Waals surface area contributed by atoms with Crippen molar-refractivity contribution in [2.75, 3.05) is 10.9 Å². The molecule has 0 spiro atoms. The van der Waals surface area contributed by atoms with Gasteiger partial charge in [-0.1, -0.05) is 0 Å². The summed E-state index contributed by atoms with van der Waals surface area (Å²) in [5.41, 5.74) is 3.82. The van der Waals surface area contributed by atoms with E-state index in [0.29, 0.717) is 5.82 Å². The minimum Gasteiger partial charge on any atom is -0.302 e. The first-order valence-electron chi connectivity index (χ1n) is 3.56. The highest BCUT2D eigenvalue weighted by molar-refractivity contribution is 5.68. The van der Waals surface area contributed by atoms with Crippen LogP contribution in [0.25, 0.3) is 0 Å². The number of nitrogens with two attached hydrogens (primary N) is 2. The second-order valence-corrected chi connectivity index (χ2v) is 2.36. The van der Waals surface area contributed by atoms with E-state index in [2.05, 4.69) is 20.8 Å². The zero-order chi connectivity index (χ0) is 10.7. The quantitative estimate of drug-likeness (QED) is 0.283. The molecule has 0 amide bonds. The molecule has 0 unspecified atom stereocenters. The van der Waals surface area contributed by atoms with Crippen LogP contribution in [0.15, 0.2) is 0 Å². The Morgan fingerprint density at radius 2 is 1.71 bits per heavy atom. The van der Waals surface area contributed by atoms with Crippen LogP contribution in [0.1, 0.15) is 5.82 Å². The molecule has 0 saturated heterocycles. The molecule has 0 saturated carbocycles. The summed E-state index contributed by atoms with van der Waals surface area (Å²) in [6.45, 7) is 1.56. The number of hydrogen-bond donors (Lipinski definition) is 4. The van der Waals surface area contributed by atoms with E-state index in [-0.39, 0.29) is 17.3 Å². The van der Waals surface area contributed by atoms with Gasteiger partial charge in [0.15, 0.2) is 0 Å². The molecule has 0 radical (unpaired) electrons. The van der Waals surface area contributed by atoms with E-state index >= 15 is 0 Å². The number of nitro groups is 1. The number of hydrogen-bond acceptors (Lipinski definition) is 8. The summed E-state index contributed by atoms with van der Waals surface area (Å²) in [4.78, 5) is 17.4. The third-order valence-electron chi connectivity index (χ3n) is 1.45. The molecule has 1 aromatic rings. The largest absolute Gasteiger partial charge is 0.355 e. The van der Waals surface area contributed by atoms with Gasteiger partial charge in [0.1, 0.15) is 5.82 Å². The third-order valence-corrected chi connectivity index (χ3v) is 1.45. The molecule has 0 aromatic carbocycles. The molecule has 0 aliphatic rings. The SMILES string of the molecule is Cc1nc(NN)c([N+](=O)[O-])c(NN)n1. The van der Waals surface area contributed by atoms with E-state index in [4.69, 9.17) is 11.7 Å². The Kier molecular flexibility index (Phi) is 2.74. The fourth-order valence-corrected chi connectivity index (χ4v) is 0.941. The van der Waals surface area contributed by atoms with Crippen molar-refractivity contribution >= 4 is 17.3 Å². The van der Waals surface area contributed by atoms with Gasteiger partial charge in [-0.05, 0) is 6.92 Å². The number of nitrogen functional groups attached to an aromatic ring is 2. The van der Waals surface area contributed by atoms with E-state index in [9.17, 15) is 10.1 Å². The lowest BCUT2D eigenvalue weighted by Crippen LogP contribution is -2.17. The molecule has 0 fully saturated rings. The monoisotopic (exact) mass is 199 g/mol. The van der Waals surface area contributed by atoms with E-state index in [1.807, 2.05) is 0 Å². The molecule has 0 bridgehead atoms. The van der Waals surface area contributed by atoms with Crippen LogP contribution >= 0.6 is 0 Å². The number of rotatable bonds is 3. The zero-order valence-corrected chi connectivity index (χ0v) is 7.31. The molecule has 9 heteroatoms. The van der Waals surface area contributed by atoms with Gasteiger partial charge < -0.3 is 10.9 Å². The maximum absolute atomic E-state index is 10.6. The average Bonchev–Trinajstić information content (AvgIpc) is 2.15. The summed E-state index contributed by atoms with van der Waals surface area (Å²) in [5.74, 6) is 10.3. The van der Waals surface area contributed by atoms with Crippen LogP contribution in [0.3, 0.4) is 0 Å². The van der Waals surface area contributed by atoms with Crippen LogP contribution < -0.4 is 22.5 Å². The molecule has 0 aliphatic heterocycles. The van der Waals surface area contributed by atoms with Crippen LogP contribution in [0, 0.1) is 17.0 Å². The van der Waals surface area contributed by atoms with Gasteiger partial charge >= 0.3 is 5.69 Å². The summed E-state index contributed by atoms with van der Waals surface area (Å²) in [5, 5.41) is 10.6. The molecule has 76 valence electrons. The lowest BCUT2D eigenvalue weighted by molar-refractivity contribution is -0.383. The number of hydrazine groups is 2. The Morgan fingerprint density at radius 1 is 1.29 bits per heavy atom. The minimum atomic E-state index is -0.677. The molecule has 6 N–H and O–H groups in total. The fourth-order valence-electron chi connectivity index (χ4n) is 0.941. The maximum atomic E-state index is 10.6. The van der Waals surface area contributed by atoms with Gasteiger partial charge in [-0.3, -0.25) is 10.1 Å². The van der Waals surface area contributed by atoms with Crippen molar-refractivity contribution in [1.29, 1.82) is 0 Å². The Hall–Kier alpha value is -2.00. The van der Waals surface area contributed by atoms with Crippen LogP contribution in [0.5, 0.6) is 0 Å². The third kappa shape index (κ3) is 1.67. The summed E-state index contributed by atoms with van der Waals surface area (Å²) >= 11 is 0. The highest BCUT2D eigenvalue weighted by Crippen LogP contribution is 2.27. The van der Waals surface area contributed by atoms with Crippen LogP contribution in [-0.4, -0.2) is 14.9 Å². The normalized spacial score (nSPS) is 9.64. The number of nitrogens with zero attached hydrogens (tertiary/aromatic N) is 3. The summed E-state index contributed by atoms with van der Waals surface area (Å²) in [6.07, 6.45) is 0. The van der Waals surface area contributed by atoms with Gasteiger partial charge in [0.2, 0.25) is 11.6 Å². The minimum absolute atomic E-state index is 0.0875. The molecule has 1 aromatic heterocycles. The van der Waals surface area contributed by atoms with Gasteiger partial charge in [0.05, 0.1) is 4.92 Å². The summed E-state index contributed by atoms with van der Waals surface area (Å²) in [6, 6.07) is 0. The zero-order valence-electron chi connectivity index (χ0n) is 7.31. The second kappa shape index (κ2) is 3.81. The van der Waals surface area contributed by atoms with Crippen molar-refractivity contribution in [1.82, 2.24) is 9.97 Å². The number of nitrogens with one attached hydrogen (secondary N) is 2. The molecule has 1 rings (SSSR count). The fraction of sp³-hybridized carbons (Fsp3) is 0.200. The molecule has 0 atom stereocenters. The van der Waals surface area contributed by atoms with Gasteiger partial charge in [0.25, 0.3) is 0 Å². The Morgan fingerprint density at radius 3 is 2.00 bits per heavy atom. The molecular formula is C5H9N7O2. The molecule has 9 nitrogen and oxygen atoms in total. The van der Waals surface area contributed by atoms with Gasteiger partial charge in [-0.15, -0.1) is 0 Å². The van der Waals surface area contributed by atoms with E-state index in [0.717, 1.165) is 0 Å². The lowest BCUT2D eigenvalue weighted by Gasteiger charge is -2.05. The van der Waals surface area contributed by atoms with Crippen molar-refractivity contribution < 1.29 is 4.92 Å². The van der Waals surface area contributed by atoms with Crippen molar-refractivity contribution in [3.05, 3.63) is 15.9 Å². The standard InChI is InChI=1S/C5H9N7O2/c1-2-8-4(10-6)3(12(13)14)5(9-2)11-7/h6-7H2,1H3,(H2,8,9,10,11).